The zero-order chi connectivity index (χ0) is 20.3. The van der Waals surface area contributed by atoms with Crippen LogP contribution in [0.2, 0.25) is 0 Å². The van der Waals surface area contributed by atoms with Gasteiger partial charge in [0.2, 0.25) is 0 Å². The Morgan fingerprint density at radius 1 is 0.862 bits per heavy atom. The molecule has 0 fully saturated rings. The van der Waals surface area contributed by atoms with Gasteiger partial charge in [-0.05, 0) is 36.3 Å². The van der Waals surface area contributed by atoms with Gasteiger partial charge in [0.05, 0.1) is 13.2 Å². The van der Waals surface area contributed by atoms with E-state index in [1.807, 2.05) is 67.6 Å². The van der Waals surface area contributed by atoms with Gasteiger partial charge in [0.15, 0.2) is 0 Å². The van der Waals surface area contributed by atoms with Gasteiger partial charge in [-0.2, -0.15) is 0 Å². The second kappa shape index (κ2) is 10.8. The van der Waals surface area contributed by atoms with Crippen LogP contribution in [-0.2, 0) is 22.3 Å². The first-order valence-corrected chi connectivity index (χ1v) is 9.77. The van der Waals surface area contributed by atoms with Crippen LogP contribution in [0.25, 0.3) is 5.76 Å². The van der Waals surface area contributed by atoms with E-state index < -0.39 is 5.97 Å². The first-order chi connectivity index (χ1) is 14.3. The van der Waals surface area contributed by atoms with E-state index in [1.165, 1.54) is 5.56 Å². The fourth-order valence-electron chi connectivity index (χ4n) is 2.93. The highest BCUT2D eigenvalue weighted by Gasteiger charge is 2.12. The van der Waals surface area contributed by atoms with Gasteiger partial charge < -0.3 is 9.47 Å². The van der Waals surface area contributed by atoms with E-state index in [-0.39, 0.29) is 5.69 Å². The summed E-state index contributed by atoms with van der Waals surface area (Å²) in [5, 5.41) is 0. The lowest BCUT2D eigenvalue weighted by atomic mass is 10.1. The first-order valence-electron chi connectivity index (χ1n) is 9.77. The molecule has 29 heavy (non-hydrogen) atoms. The zero-order valence-electron chi connectivity index (χ0n) is 16.6. The summed E-state index contributed by atoms with van der Waals surface area (Å²) in [7, 11) is 0. The molecule has 2 aromatic carbocycles. The number of pyridine rings is 1. The van der Waals surface area contributed by atoms with E-state index in [0.29, 0.717) is 19.6 Å². The van der Waals surface area contributed by atoms with E-state index >= 15 is 0 Å². The Kier molecular flexibility index (Phi) is 7.58. The van der Waals surface area contributed by atoms with Crippen LogP contribution in [0.3, 0.4) is 0 Å². The maximum atomic E-state index is 12.4. The molecule has 3 rings (SSSR count). The highest BCUT2D eigenvalue weighted by Crippen LogP contribution is 2.17. The van der Waals surface area contributed by atoms with Crippen molar-refractivity contribution in [3.8, 4) is 0 Å². The van der Waals surface area contributed by atoms with Crippen LogP contribution in [0.1, 0.15) is 34.1 Å². The van der Waals surface area contributed by atoms with Gasteiger partial charge in [0, 0.05) is 24.6 Å². The third-order valence-corrected chi connectivity index (χ3v) is 4.47. The van der Waals surface area contributed by atoms with Crippen LogP contribution in [0.4, 0.5) is 0 Å². The summed E-state index contributed by atoms with van der Waals surface area (Å²) in [6, 6.07) is 23.7. The lowest BCUT2D eigenvalue weighted by molar-refractivity contribution is 0.0502. The first kappa shape index (κ1) is 20.3. The molecule has 0 aliphatic rings. The van der Waals surface area contributed by atoms with Gasteiger partial charge in [-0.1, -0.05) is 60.7 Å². The maximum Gasteiger partial charge on any atom is 0.356 e. The highest BCUT2D eigenvalue weighted by atomic mass is 16.5. The summed E-state index contributed by atoms with van der Waals surface area (Å²) in [5.74, 6) is 0.296. The molecule has 1 aromatic heterocycles. The van der Waals surface area contributed by atoms with Crippen LogP contribution >= 0.6 is 0 Å². The van der Waals surface area contributed by atoms with Gasteiger partial charge in [0.25, 0.3) is 0 Å². The lowest BCUT2D eigenvalue weighted by Crippen LogP contribution is -2.10. The molecular formula is C25H25NO3. The SMILES string of the molecule is C/C=C(\OCCc1ccccc1)c1ccnc(C(=O)OCCc2ccccc2)c1. The minimum atomic E-state index is -0.428. The third kappa shape index (κ3) is 6.32. The smallest absolute Gasteiger partial charge is 0.356 e. The molecule has 0 atom stereocenters. The fourth-order valence-corrected chi connectivity index (χ4v) is 2.93. The molecule has 0 spiro atoms. The molecule has 0 aliphatic heterocycles. The quantitative estimate of drug-likeness (QED) is 0.378. The Hall–Kier alpha value is -3.40. The monoisotopic (exact) mass is 387 g/mol. The van der Waals surface area contributed by atoms with Gasteiger partial charge in [0.1, 0.15) is 11.5 Å². The summed E-state index contributed by atoms with van der Waals surface area (Å²) >= 11 is 0. The molecule has 4 nitrogen and oxygen atoms in total. The van der Waals surface area contributed by atoms with Gasteiger partial charge >= 0.3 is 5.97 Å². The summed E-state index contributed by atoms with van der Waals surface area (Å²) in [4.78, 5) is 16.5. The predicted molar refractivity (Wildman–Crippen MR) is 114 cm³/mol. The molecule has 0 radical (unpaired) electrons. The molecule has 1 heterocycles. The van der Waals surface area contributed by atoms with Crippen LogP contribution < -0.4 is 0 Å². The van der Waals surface area contributed by atoms with Crippen LogP contribution in [0, 0.1) is 0 Å². The molecule has 0 saturated carbocycles. The standard InChI is InChI=1S/C25H25NO3/c1-2-24(28-17-14-20-9-5-3-6-10-20)22-13-16-26-23(19-22)25(27)29-18-15-21-11-7-4-8-12-21/h2-13,16,19H,14-15,17-18H2,1H3/b24-2-. The summed E-state index contributed by atoms with van der Waals surface area (Å²) in [6.07, 6.45) is 4.99. The Morgan fingerprint density at radius 3 is 2.03 bits per heavy atom. The molecule has 0 saturated heterocycles. The average Bonchev–Trinajstić information content (AvgIpc) is 2.78. The number of rotatable bonds is 9. The molecule has 4 heteroatoms. The van der Waals surface area contributed by atoms with Gasteiger partial charge in [-0.15, -0.1) is 0 Å². The number of esters is 1. The Labute approximate surface area is 171 Å². The van der Waals surface area contributed by atoms with Crippen molar-refractivity contribution in [3.05, 3.63) is 107 Å². The van der Waals surface area contributed by atoms with Crippen LogP contribution in [-0.4, -0.2) is 24.2 Å². The van der Waals surface area contributed by atoms with Crippen LogP contribution in [0.15, 0.2) is 85.1 Å². The number of hydrogen-bond acceptors (Lipinski definition) is 4. The van der Waals surface area contributed by atoms with Crippen molar-refractivity contribution < 1.29 is 14.3 Å². The molecular weight excluding hydrogens is 362 g/mol. The molecule has 0 unspecified atom stereocenters. The van der Waals surface area contributed by atoms with Crippen molar-refractivity contribution in [1.82, 2.24) is 4.98 Å². The number of allylic oxidation sites excluding steroid dienone is 1. The molecule has 0 aliphatic carbocycles. The van der Waals surface area contributed by atoms with Crippen molar-refractivity contribution in [3.63, 3.8) is 0 Å². The van der Waals surface area contributed by atoms with Crippen molar-refractivity contribution in [1.29, 1.82) is 0 Å². The molecule has 0 bridgehead atoms. The van der Waals surface area contributed by atoms with E-state index in [1.54, 1.807) is 12.3 Å². The van der Waals surface area contributed by atoms with E-state index in [4.69, 9.17) is 9.47 Å². The number of nitrogens with zero attached hydrogens (tertiary/aromatic N) is 1. The topological polar surface area (TPSA) is 48.4 Å². The molecule has 0 amide bonds. The zero-order valence-corrected chi connectivity index (χ0v) is 16.6. The summed E-state index contributed by atoms with van der Waals surface area (Å²) in [5.41, 5.74) is 3.44. The number of carbonyl (C=O) groups excluding carboxylic acids is 1. The second-order valence-electron chi connectivity index (χ2n) is 6.54. The van der Waals surface area contributed by atoms with Crippen LogP contribution in [0.5, 0.6) is 0 Å². The van der Waals surface area contributed by atoms with Crippen molar-refractivity contribution >= 4 is 11.7 Å². The Bertz CT molecular complexity index is 937. The summed E-state index contributed by atoms with van der Waals surface area (Å²) < 4.78 is 11.3. The normalized spacial score (nSPS) is 11.1. The number of hydrogen-bond donors (Lipinski definition) is 0. The van der Waals surface area contributed by atoms with Crippen molar-refractivity contribution in [2.45, 2.75) is 19.8 Å². The highest BCUT2D eigenvalue weighted by molar-refractivity contribution is 5.88. The van der Waals surface area contributed by atoms with Gasteiger partial charge in [-0.3, -0.25) is 0 Å². The van der Waals surface area contributed by atoms with Crippen molar-refractivity contribution in [2.75, 3.05) is 13.2 Å². The predicted octanol–water partition coefficient (Wildman–Crippen LogP) is 5.10. The molecule has 0 N–H and O–H groups in total. The van der Waals surface area contributed by atoms with E-state index in [9.17, 15) is 4.79 Å². The van der Waals surface area contributed by atoms with Crippen molar-refractivity contribution in [2.24, 2.45) is 0 Å². The second-order valence-corrected chi connectivity index (χ2v) is 6.54. The largest absolute Gasteiger partial charge is 0.493 e. The number of carbonyl (C=O) groups is 1. The fraction of sp³-hybridized carbons (Fsp3) is 0.200. The van der Waals surface area contributed by atoms with Gasteiger partial charge in [-0.25, -0.2) is 9.78 Å². The molecule has 148 valence electrons. The minimum Gasteiger partial charge on any atom is -0.493 e. The minimum absolute atomic E-state index is 0.279. The average molecular weight is 387 g/mol. The number of benzene rings is 2. The Balaban J connectivity index is 1.54. The summed E-state index contributed by atoms with van der Waals surface area (Å²) in [6.45, 7) is 2.79. The number of aromatic nitrogens is 1. The Morgan fingerprint density at radius 2 is 1.45 bits per heavy atom. The third-order valence-electron chi connectivity index (χ3n) is 4.47. The maximum absolute atomic E-state index is 12.4. The molecule has 3 aromatic rings. The van der Waals surface area contributed by atoms with E-state index in [0.717, 1.165) is 23.3 Å². The van der Waals surface area contributed by atoms with E-state index in [2.05, 4.69) is 17.1 Å². The number of ether oxygens (including phenoxy) is 2. The lowest BCUT2D eigenvalue weighted by Gasteiger charge is -2.11.